The van der Waals surface area contributed by atoms with Crippen LogP contribution in [0.15, 0.2) is 29.9 Å². The predicted molar refractivity (Wildman–Crippen MR) is 56.1 cm³/mol. The van der Waals surface area contributed by atoms with Crippen molar-refractivity contribution in [2.45, 2.75) is 0 Å². The molecule has 80 valence electrons. The fourth-order valence-corrected chi connectivity index (χ4v) is 0.904. The lowest BCUT2D eigenvalue weighted by Crippen LogP contribution is -2.06. The van der Waals surface area contributed by atoms with Crippen LogP contribution in [-0.4, -0.2) is 24.7 Å². The van der Waals surface area contributed by atoms with Gasteiger partial charge in [-0.3, -0.25) is 0 Å². The largest absolute Gasteiger partial charge is 0.481 e. The van der Waals surface area contributed by atoms with Gasteiger partial charge in [0.1, 0.15) is 6.61 Å². The molecular formula is C10H10ClNO3. The first-order valence-electron chi connectivity index (χ1n) is 4.14. The van der Waals surface area contributed by atoms with Crippen molar-refractivity contribution >= 4 is 17.6 Å². The molecule has 0 unspecified atom stereocenters. The van der Waals surface area contributed by atoms with E-state index in [1.54, 1.807) is 12.1 Å². The molecule has 1 aromatic rings. The normalized spacial score (nSPS) is 9.47. The third-order valence-electron chi connectivity index (χ3n) is 1.54. The lowest BCUT2D eigenvalue weighted by atomic mass is 10.3. The van der Waals surface area contributed by atoms with Gasteiger partial charge < -0.3 is 9.47 Å². The monoisotopic (exact) mass is 227 g/mol. The van der Waals surface area contributed by atoms with Gasteiger partial charge in [-0.05, 0) is 6.07 Å². The number of halogens is 1. The van der Waals surface area contributed by atoms with Crippen LogP contribution in [0, 0.1) is 0 Å². The van der Waals surface area contributed by atoms with Crippen LogP contribution < -0.4 is 4.74 Å². The van der Waals surface area contributed by atoms with Gasteiger partial charge in [0.05, 0.1) is 12.7 Å². The summed E-state index contributed by atoms with van der Waals surface area (Å²) in [5.41, 5.74) is 0.341. The van der Waals surface area contributed by atoms with E-state index in [0.29, 0.717) is 11.4 Å². The summed E-state index contributed by atoms with van der Waals surface area (Å²) in [6.07, 6.45) is 1.37. The van der Waals surface area contributed by atoms with E-state index < -0.39 is 5.97 Å². The Labute approximate surface area is 92.5 Å². The summed E-state index contributed by atoms with van der Waals surface area (Å²) in [6.45, 7) is 3.39. The SMILES string of the molecule is C=C(Cl)COC(=O)c1ccc(OC)nc1. The molecule has 0 radical (unpaired) electrons. The highest BCUT2D eigenvalue weighted by molar-refractivity contribution is 6.29. The van der Waals surface area contributed by atoms with Crippen LogP contribution in [0.5, 0.6) is 5.88 Å². The molecule has 4 nitrogen and oxygen atoms in total. The molecule has 0 aliphatic heterocycles. The lowest BCUT2D eigenvalue weighted by molar-refractivity contribution is 0.0545. The van der Waals surface area contributed by atoms with Crippen LogP contribution in [0.3, 0.4) is 0 Å². The van der Waals surface area contributed by atoms with Crippen LogP contribution in [-0.2, 0) is 4.74 Å². The molecule has 1 aromatic heterocycles. The van der Waals surface area contributed by atoms with E-state index in [1.165, 1.54) is 13.3 Å². The standard InChI is InChI=1S/C10H10ClNO3/c1-7(11)6-15-10(13)8-3-4-9(14-2)12-5-8/h3-5H,1,6H2,2H3. The number of pyridine rings is 1. The molecule has 5 heteroatoms. The summed E-state index contributed by atoms with van der Waals surface area (Å²) in [7, 11) is 1.50. The molecule has 0 aliphatic carbocycles. The Hall–Kier alpha value is -1.55. The van der Waals surface area contributed by atoms with Gasteiger partial charge in [0, 0.05) is 17.3 Å². The minimum Gasteiger partial charge on any atom is -0.481 e. The molecule has 0 aromatic carbocycles. The van der Waals surface area contributed by atoms with Gasteiger partial charge >= 0.3 is 5.97 Å². The first-order chi connectivity index (χ1) is 7.13. The van der Waals surface area contributed by atoms with E-state index in [9.17, 15) is 4.79 Å². The molecule has 0 saturated heterocycles. The molecule has 1 heterocycles. The minimum atomic E-state index is -0.494. The molecule has 0 amide bonds. The van der Waals surface area contributed by atoms with Crippen LogP contribution in [0.1, 0.15) is 10.4 Å². The number of methoxy groups -OCH3 is 1. The second kappa shape index (κ2) is 5.36. The molecule has 1 rings (SSSR count). The lowest BCUT2D eigenvalue weighted by Gasteiger charge is -2.03. The van der Waals surface area contributed by atoms with Gasteiger partial charge in [0.15, 0.2) is 0 Å². The van der Waals surface area contributed by atoms with E-state index in [-0.39, 0.29) is 11.6 Å². The van der Waals surface area contributed by atoms with Gasteiger partial charge in [-0.2, -0.15) is 0 Å². The van der Waals surface area contributed by atoms with Crippen LogP contribution in [0.4, 0.5) is 0 Å². The van der Waals surface area contributed by atoms with Gasteiger partial charge in [-0.1, -0.05) is 18.2 Å². The summed E-state index contributed by atoms with van der Waals surface area (Å²) in [5.74, 6) is -0.0553. The van der Waals surface area contributed by atoms with Crippen LogP contribution in [0.25, 0.3) is 0 Å². The van der Waals surface area contributed by atoms with Crippen molar-refractivity contribution in [3.8, 4) is 5.88 Å². The zero-order valence-electron chi connectivity index (χ0n) is 8.20. The Kier molecular flexibility index (Phi) is 4.12. The first-order valence-corrected chi connectivity index (χ1v) is 4.51. The maximum Gasteiger partial charge on any atom is 0.340 e. The molecule has 0 aliphatic rings. The Morgan fingerprint density at radius 1 is 1.60 bits per heavy atom. The molecule has 0 saturated carbocycles. The van der Waals surface area contributed by atoms with Crippen molar-refractivity contribution in [1.82, 2.24) is 4.98 Å². The van der Waals surface area contributed by atoms with E-state index in [2.05, 4.69) is 11.6 Å². The number of hydrogen-bond acceptors (Lipinski definition) is 4. The Morgan fingerprint density at radius 2 is 2.33 bits per heavy atom. The number of esters is 1. The van der Waals surface area contributed by atoms with Crippen LogP contribution >= 0.6 is 11.6 Å². The van der Waals surface area contributed by atoms with Crippen molar-refractivity contribution in [2.75, 3.05) is 13.7 Å². The van der Waals surface area contributed by atoms with Crippen molar-refractivity contribution in [1.29, 1.82) is 0 Å². The average molecular weight is 228 g/mol. The zero-order valence-corrected chi connectivity index (χ0v) is 8.95. The maximum atomic E-state index is 11.3. The van der Waals surface area contributed by atoms with Gasteiger partial charge in [-0.15, -0.1) is 0 Å². The average Bonchev–Trinajstić information content (AvgIpc) is 2.26. The van der Waals surface area contributed by atoms with E-state index in [0.717, 1.165) is 0 Å². The number of nitrogens with zero attached hydrogens (tertiary/aromatic N) is 1. The molecule has 0 fully saturated rings. The second-order valence-electron chi connectivity index (χ2n) is 2.68. The quantitative estimate of drug-likeness (QED) is 0.739. The summed E-state index contributed by atoms with van der Waals surface area (Å²) < 4.78 is 9.66. The van der Waals surface area contributed by atoms with E-state index in [4.69, 9.17) is 21.1 Å². The third kappa shape index (κ3) is 3.59. The first kappa shape index (κ1) is 11.5. The number of aromatic nitrogens is 1. The number of carbonyl (C=O) groups excluding carboxylic acids is 1. The maximum absolute atomic E-state index is 11.3. The number of rotatable bonds is 4. The molecular weight excluding hydrogens is 218 g/mol. The van der Waals surface area contributed by atoms with E-state index in [1.807, 2.05) is 0 Å². The highest BCUT2D eigenvalue weighted by Gasteiger charge is 2.07. The fraction of sp³-hybridized carbons (Fsp3) is 0.200. The second-order valence-corrected chi connectivity index (χ2v) is 3.22. The summed E-state index contributed by atoms with van der Waals surface area (Å²) in [5, 5.41) is 0.268. The predicted octanol–water partition coefficient (Wildman–Crippen LogP) is 2.00. The molecule has 0 spiro atoms. The van der Waals surface area contributed by atoms with Crippen molar-refractivity contribution in [3.05, 3.63) is 35.5 Å². The molecule has 0 N–H and O–H groups in total. The Morgan fingerprint density at radius 3 is 2.80 bits per heavy atom. The Bertz CT molecular complexity index is 361. The highest BCUT2D eigenvalue weighted by Crippen LogP contribution is 2.08. The molecule has 0 atom stereocenters. The molecule has 0 bridgehead atoms. The zero-order chi connectivity index (χ0) is 11.3. The van der Waals surface area contributed by atoms with Gasteiger partial charge in [-0.25, -0.2) is 9.78 Å². The summed E-state index contributed by atoms with van der Waals surface area (Å²) in [4.78, 5) is 15.2. The number of carbonyl (C=O) groups is 1. The smallest absolute Gasteiger partial charge is 0.340 e. The van der Waals surface area contributed by atoms with E-state index >= 15 is 0 Å². The Balaban J connectivity index is 2.62. The number of hydrogen-bond donors (Lipinski definition) is 0. The third-order valence-corrected chi connectivity index (χ3v) is 1.65. The van der Waals surface area contributed by atoms with Gasteiger partial charge in [0.25, 0.3) is 0 Å². The van der Waals surface area contributed by atoms with Crippen molar-refractivity contribution in [2.24, 2.45) is 0 Å². The van der Waals surface area contributed by atoms with Crippen molar-refractivity contribution in [3.63, 3.8) is 0 Å². The molecule has 15 heavy (non-hydrogen) atoms. The topological polar surface area (TPSA) is 48.4 Å². The van der Waals surface area contributed by atoms with Gasteiger partial charge in [0.2, 0.25) is 5.88 Å². The number of ether oxygens (including phenoxy) is 2. The minimum absolute atomic E-state index is 0.00752. The van der Waals surface area contributed by atoms with Crippen LogP contribution in [0.2, 0.25) is 0 Å². The van der Waals surface area contributed by atoms with Crippen molar-refractivity contribution < 1.29 is 14.3 Å². The summed E-state index contributed by atoms with van der Waals surface area (Å²) >= 11 is 5.45. The fourth-order valence-electron chi connectivity index (χ4n) is 0.849. The highest BCUT2D eigenvalue weighted by atomic mass is 35.5. The summed E-state index contributed by atoms with van der Waals surface area (Å²) in [6, 6.07) is 3.14.